The molecule has 20 heavy (non-hydrogen) atoms. The Morgan fingerprint density at radius 1 is 1.30 bits per heavy atom. The summed E-state index contributed by atoms with van der Waals surface area (Å²) in [6.45, 7) is 4.90. The van der Waals surface area contributed by atoms with Crippen LogP contribution in [0.2, 0.25) is 0 Å². The molecule has 0 fully saturated rings. The van der Waals surface area contributed by atoms with Gasteiger partial charge in [-0.2, -0.15) is 13.2 Å². The van der Waals surface area contributed by atoms with Gasteiger partial charge in [0, 0.05) is 30.2 Å². The summed E-state index contributed by atoms with van der Waals surface area (Å²) in [7, 11) is 1.21. The van der Waals surface area contributed by atoms with Crippen LogP contribution in [0.3, 0.4) is 0 Å². The fraction of sp³-hybridized carbons (Fsp3) is 0.583. The Balaban J connectivity index is 3.17. The Bertz CT molecular complexity index is 448. The molecule has 8 heteroatoms. The minimum Gasteiger partial charge on any atom is -0.597 e. The molecule has 0 spiro atoms. The highest BCUT2D eigenvalue weighted by molar-refractivity contribution is 9.10. The van der Waals surface area contributed by atoms with Crippen molar-refractivity contribution in [3.63, 3.8) is 0 Å². The van der Waals surface area contributed by atoms with Gasteiger partial charge in [0.25, 0.3) is 0 Å². The summed E-state index contributed by atoms with van der Waals surface area (Å²) in [6, 6.07) is 0.802. The quantitative estimate of drug-likeness (QED) is 0.597. The maximum atomic E-state index is 13.3. The molecule has 0 aliphatic heterocycles. The van der Waals surface area contributed by atoms with Crippen molar-refractivity contribution >= 4 is 27.3 Å². The van der Waals surface area contributed by atoms with Crippen LogP contribution in [0.4, 0.5) is 13.2 Å². The molecule has 0 saturated carbocycles. The summed E-state index contributed by atoms with van der Waals surface area (Å²) in [5.41, 5.74) is -0.0409. The Morgan fingerprint density at radius 2 is 1.85 bits per heavy atom. The molecule has 0 saturated heterocycles. The van der Waals surface area contributed by atoms with Crippen LogP contribution in [0, 0.1) is 0 Å². The van der Waals surface area contributed by atoms with Gasteiger partial charge in [-0.3, -0.25) is 0 Å². The van der Waals surface area contributed by atoms with E-state index in [2.05, 4.69) is 20.9 Å². The highest BCUT2D eigenvalue weighted by atomic mass is 79.9. The average Bonchev–Trinajstić information content (AvgIpc) is 2.28. The van der Waals surface area contributed by atoms with E-state index in [4.69, 9.17) is 0 Å². The van der Waals surface area contributed by atoms with E-state index in [9.17, 15) is 17.7 Å². The first-order valence-electron chi connectivity index (χ1n) is 5.77. The SMILES string of the molecule is CN([C@H](c1ccc(Br)nc1)C(F)(F)F)[S@@+]([O-])C(C)(C)C. The molecule has 0 aliphatic rings. The van der Waals surface area contributed by atoms with Gasteiger partial charge in [-0.1, -0.05) is 6.07 Å². The lowest BCUT2D eigenvalue weighted by molar-refractivity contribution is -0.171. The van der Waals surface area contributed by atoms with E-state index in [-0.39, 0.29) is 5.56 Å². The second-order valence-corrected chi connectivity index (χ2v) is 8.38. The topological polar surface area (TPSA) is 39.2 Å². The van der Waals surface area contributed by atoms with Crippen molar-refractivity contribution in [2.24, 2.45) is 0 Å². The van der Waals surface area contributed by atoms with Crippen LogP contribution < -0.4 is 0 Å². The number of hydrogen-bond acceptors (Lipinski definition) is 3. The van der Waals surface area contributed by atoms with E-state index >= 15 is 0 Å². The van der Waals surface area contributed by atoms with Crippen molar-refractivity contribution in [3.05, 3.63) is 28.5 Å². The molecular formula is C12H16BrF3N2OS. The number of pyridine rings is 1. The molecule has 1 aromatic rings. The van der Waals surface area contributed by atoms with Gasteiger partial charge in [0.05, 0.1) is 0 Å². The van der Waals surface area contributed by atoms with E-state index in [0.29, 0.717) is 4.60 Å². The third-order valence-corrected chi connectivity index (χ3v) is 4.78. The Morgan fingerprint density at radius 3 is 2.20 bits per heavy atom. The van der Waals surface area contributed by atoms with Crippen molar-refractivity contribution in [2.75, 3.05) is 7.05 Å². The number of alkyl halides is 3. The fourth-order valence-electron chi connectivity index (χ4n) is 1.68. The molecule has 1 aromatic heterocycles. The molecule has 114 valence electrons. The smallest absolute Gasteiger partial charge is 0.412 e. The molecule has 0 amide bonds. The summed E-state index contributed by atoms with van der Waals surface area (Å²) in [5.74, 6) is 0. The molecule has 0 bridgehead atoms. The van der Waals surface area contributed by atoms with Crippen molar-refractivity contribution < 1.29 is 17.7 Å². The van der Waals surface area contributed by atoms with Gasteiger partial charge in [0.1, 0.15) is 9.35 Å². The van der Waals surface area contributed by atoms with Crippen LogP contribution in [0.25, 0.3) is 0 Å². The van der Waals surface area contributed by atoms with Crippen molar-refractivity contribution in [2.45, 2.75) is 37.7 Å². The van der Waals surface area contributed by atoms with E-state index in [1.54, 1.807) is 20.8 Å². The largest absolute Gasteiger partial charge is 0.597 e. The summed E-state index contributed by atoms with van der Waals surface area (Å²) >= 11 is 1.29. The van der Waals surface area contributed by atoms with E-state index in [1.165, 1.54) is 19.2 Å². The molecular weight excluding hydrogens is 357 g/mol. The number of nitrogens with zero attached hydrogens (tertiary/aromatic N) is 2. The molecule has 0 aromatic carbocycles. The summed E-state index contributed by atoms with van der Waals surface area (Å²) < 4.78 is 52.6. The highest BCUT2D eigenvalue weighted by Gasteiger charge is 2.50. The normalized spacial score (nSPS) is 16.3. The van der Waals surface area contributed by atoms with Gasteiger partial charge in [-0.05, 0) is 42.8 Å². The van der Waals surface area contributed by atoms with Gasteiger partial charge in [-0.15, -0.1) is 4.31 Å². The summed E-state index contributed by atoms with van der Waals surface area (Å²) in [6.07, 6.45) is -3.40. The van der Waals surface area contributed by atoms with E-state index in [1.807, 2.05) is 0 Å². The zero-order chi connectivity index (χ0) is 15.7. The molecule has 0 N–H and O–H groups in total. The lowest BCUT2D eigenvalue weighted by atomic mass is 10.1. The highest BCUT2D eigenvalue weighted by Crippen LogP contribution is 2.40. The van der Waals surface area contributed by atoms with Gasteiger partial charge >= 0.3 is 6.18 Å². The molecule has 3 nitrogen and oxygen atoms in total. The second kappa shape index (κ2) is 6.21. The first-order chi connectivity index (χ1) is 8.94. The fourth-order valence-corrected chi connectivity index (χ4v) is 3.21. The predicted molar refractivity (Wildman–Crippen MR) is 76.4 cm³/mol. The first-order valence-corrected chi connectivity index (χ1v) is 7.67. The standard InChI is InChI=1S/C12H16BrF3N2OS/c1-11(2,3)20(19)18(4)10(12(14,15)16)8-5-6-9(13)17-7-8/h5-7,10H,1-4H3/t10-,20+/m1/s1. The summed E-state index contributed by atoms with van der Waals surface area (Å²) in [5, 5.41) is 0. The zero-order valence-electron chi connectivity index (χ0n) is 11.5. The molecule has 0 unspecified atom stereocenters. The second-order valence-electron chi connectivity index (χ2n) is 5.27. The minimum absolute atomic E-state index is 0.0409. The maximum Gasteiger partial charge on any atom is 0.412 e. The van der Waals surface area contributed by atoms with Crippen LogP contribution in [0.5, 0.6) is 0 Å². The van der Waals surface area contributed by atoms with Crippen molar-refractivity contribution in [1.29, 1.82) is 0 Å². The predicted octanol–water partition coefficient (Wildman–Crippen LogP) is 3.84. The molecule has 0 aliphatic carbocycles. The van der Waals surface area contributed by atoms with Crippen LogP contribution in [-0.4, -0.2) is 31.8 Å². The van der Waals surface area contributed by atoms with Gasteiger partial charge < -0.3 is 4.55 Å². The van der Waals surface area contributed by atoms with E-state index < -0.39 is 28.3 Å². The van der Waals surface area contributed by atoms with Crippen LogP contribution in [-0.2, 0) is 11.4 Å². The molecule has 2 atom stereocenters. The third kappa shape index (κ3) is 4.34. The van der Waals surface area contributed by atoms with Crippen LogP contribution in [0.1, 0.15) is 32.4 Å². The van der Waals surface area contributed by atoms with Crippen molar-refractivity contribution in [1.82, 2.24) is 9.29 Å². The zero-order valence-corrected chi connectivity index (χ0v) is 13.9. The lowest BCUT2D eigenvalue weighted by Crippen LogP contribution is -2.46. The maximum absolute atomic E-state index is 13.3. The van der Waals surface area contributed by atoms with Crippen LogP contribution >= 0.6 is 15.9 Å². The Labute approximate surface area is 128 Å². The Kier molecular flexibility index (Phi) is 5.51. The molecule has 0 radical (unpaired) electrons. The van der Waals surface area contributed by atoms with Crippen molar-refractivity contribution in [3.8, 4) is 0 Å². The first kappa shape index (κ1) is 17.7. The number of hydrogen-bond donors (Lipinski definition) is 0. The molecule has 1 rings (SSSR count). The van der Waals surface area contributed by atoms with Crippen LogP contribution in [0.15, 0.2) is 22.9 Å². The van der Waals surface area contributed by atoms with E-state index in [0.717, 1.165) is 10.5 Å². The third-order valence-electron chi connectivity index (χ3n) is 2.53. The Hall–Kier alpha value is -0.310. The number of rotatable bonds is 3. The average molecular weight is 373 g/mol. The monoisotopic (exact) mass is 372 g/mol. The summed E-state index contributed by atoms with van der Waals surface area (Å²) in [4.78, 5) is 3.81. The van der Waals surface area contributed by atoms with Gasteiger partial charge in [0.15, 0.2) is 6.04 Å². The molecule has 1 heterocycles. The number of aromatic nitrogens is 1. The number of halogens is 4. The lowest BCUT2D eigenvalue weighted by Gasteiger charge is -2.35. The van der Waals surface area contributed by atoms with Gasteiger partial charge in [-0.25, -0.2) is 4.98 Å². The van der Waals surface area contributed by atoms with Gasteiger partial charge in [0.2, 0.25) is 0 Å². The minimum atomic E-state index is -4.54.